The number of hydrogen-bond acceptors (Lipinski definition) is 9. The maximum Gasteiger partial charge on any atom is 0.519 e. The zero-order valence-electron chi connectivity index (χ0n) is 21.6. The predicted octanol–water partition coefficient (Wildman–Crippen LogP) is 7.19. The number of alkyl halides is 1. The molecule has 0 aliphatic heterocycles. The molecule has 0 fully saturated rings. The van der Waals surface area contributed by atoms with Gasteiger partial charge in [0.15, 0.2) is 0 Å². The molecule has 2 aromatic carbocycles. The quantitative estimate of drug-likeness (QED) is 0.0847. The number of halogens is 2. The molecule has 0 atom stereocenters. The Balaban J connectivity index is 1.57. The molecular weight excluding hydrogens is 693 g/mol. The Morgan fingerprint density at radius 3 is 2.52 bits per heavy atom. The SMILES string of the molecule is Cc1cc(C)c(OC(=O)Oc2cccc(CI)c2)c(C)c1NC(=O)c1sccc1S(=O)(=O)Nc1onc(C)c1Cl. The van der Waals surface area contributed by atoms with Gasteiger partial charge in [0.1, 0.15) is 32.0 Å². The molecule has 40 heavy (non-hydrogen) atoms. The lowest BCUT2D eigenvalue weighted by atomic mass is 10.0. The molecule has 0 radical (unpaired) electrons. The van der Waals surface area contributed by atoms with Crippen LogP contribution < -0.4 is 19.5 Å². The van der Waals surface area contributed by atoms with Crippen molar-refractivity contribution in [2.75, 3.05) is 10.0 Å². The number of carbonyl (C=O) groups excluding carboxylic acids is 2. The minimum absolute atomic E-state index is 0.0134. The number of sulfonamides is 1. The van der Waals surface area contributed by atoms with Gasteiger partial charge in [-0.05, 0) is 68.0 Å². The fourth-order valence-corrected chi connectivity index (χ4v) is 6.82. The first-order valence-corrected chi connectivity index (χ1v) is 15.9. The molecule has 10 nitrogen and oxygen atoms in total. The van der Waals surface area contributed by atoms with E-state index in [0.29, 0.717) is 33.8 Å². The molecule has 14 heteroatoms. The number of thiophene rings is 1. The molecule has 0 bridgehead atoms. The van der Waals surface area contributed by atoms with E-state index < -0.39 is 22.1 Å². The van der Waals surface area contributed by atoms with Crippen LogP contribution in [0.2, 0.25) is 5.02 Å². The van der Waals surface area contributed by atoms with Gasteiger partial charge in [0, 0.05) is 9.99 Å². The van der Waals surface area contributed by atoms with E-state index in [2.05, 4.69) is 37.8 Å². The van der Waals surface area contributed by atoms with Crippen LogP contribution in [-0.2, 0) is 14.5 Å². The van der Waals surface area contributed by atoms with Crippen LogP contribution in [0.1, 0.15) is 37.6 Å². The molecule has 0 aliphatic carbocycles. The van der Waals surface area contributed by atoms with Gasteiger partial charge < -0.3 is 19.3 Å². The first-order valence-electron chi connectivity index (χ1n) is 11.6. The number of amides is 1. The fraction of sp³-hybridized carbons (Fsp3) is 0.192. The summed E-state index contributed by atoms with van der Waals surface area (Å²) in [6.07, 6.45) is -0.933. The zero-order valence-corrected chi connectivity index (χ0v) is 26.2. The van der Waals surface area contributed by atoms with Crippen molar-refractivity contribution in [2.24, 2.45) is 0 Å². The minimum Gasteiger partial charge on any atom is -0.395 e. The lowest BCUT2D eigenvalue weighted by molar-refractivity contribution is 0.102. The van der Waals surface area contributed by atoms with Gasteiger partial charge >= 0.3 is 6.16 Å². The molecule has 0 spiro atoms. The monoisotopic (exact) mass is 715 g/mol. The Bertz CT molecular complexity index is 1720. The van der Waals surface area contributed by atoms with Crippen molar-refractivity contribution >= 4 is 79.2 Å². The molecule has 0 saturated carbocycles. The summed E-state index contributed by atoms with van der Waals surface area (Å²) in [6, 6.07) is 10.1. The van der Waals surface area contributed by atoms with Gasteiger partial charge in [0.2, 0.25) is 0 Å². The second-order valence-electron chi connectivity index (χ2n) is 8.66. The van der Waals surface area contributed by atoms with E-state index in [4.69, 9.17) is 25.6 Å². The Morgan fingerprint density at radius 2 is 1.85 bits per heavy atom. The largest absolute Gasteiger partial charge is 0.519 e. The predicted molar refractivity (Wildman–Crippen MR) is 161 cm³/mol. The molecule has 1 amide bonds. The van der Waals surface area contributed by atoms with E-state index in [-0.39, 0.29) is 26.4 Å². The second-order valence-corrected chi connectivity index (χ2v) is 12.4. The summed E-state index contributed by atoms with van der Waals surface area (Å²) in [5, 5.41) is 7.88. The smallest absolute Gasteiger partial charge is 0.395 e. The van der Waals surface area contributed by atoms with Crippen LogP contribution in [0.5, 0.6) is 11.5 Å². The van der Waals surface area contributed by atoms with Gasteiger partial charge in [-0.25, -0.2) is 17.9 Å². The highest BCUT2D eigenvalue weighted by atomic mass is 127. The number of ether oxygens (including phenoxy) is 2. The number of nitrogens with one attached hydrogen (secondary N) is 2. The summed E-state index contributed by atoms with van der Waals surface area (Å²) in [6.45, 7) is 6.77. The topological polar surface area (TPSA) is 137 Å². The number of carbonyl (C=O) groups is 2. The van der Waals surface area contributed by atoms with Crippen molar-refractivity contribution in [2.45, 2.75) is 37.0 Å². The van der Waals surface area contributed by atoms with Gasteiger partial charge in [0.25, 0.3) is 21.8 Å². The van der Waals surface area contributed by atoms with E-state index in [1.165, 1.54) is 11.4 Å². The minimum atomic E-state index is -4.24. The highest BCUT2D eigenvalue weighted by Gasteiger charge is 2.28. The third kappa shape index (κ3) is 6.43. The van der Waals surface area contributed by atoms with E-state index in [1.54, 1.807) is 52.0 Å². The van der Waals surface area contributed by atoms with E-state index in [1.807, 2.05) is 6.07 Å². The Morgan fingerprint density at radius 1 is 1.10 bits per heavy atom. The molecule has 0 saturated heterocycles. The fourth-order valence-electron chi connectivity index (χ4n) is 3.85. The van der Waals surface area contributed by atoms with Gasteiger partial charge in [-0.3, -0.25) is 4.79 Å². The summed E-state index contributed by atoms with van der Waals surface area (Å²) < 4.78 is 44.9. The molecule has 2 aromatic heterocycles. The van der Waals surface area contributed by atoms with Crippen LogP contribution in [-0.4, -0.2) is 25.6 Å². The molecular formula is C26H23ClIN3O7S2. The van der Waals surface area contributed by atoms with Crippen LogP contribution >= 0.6 is 45.5 Å². The molecule has 0 unspecified atom stereocenters. The first-order chi connectivity index (χ1) is 18.9. The maximum atomic E-state index is 13.3. The number of nitrogens with zero attached hydrogens (tertiary/aromatic N) is 1. The van der Waals surface area contributed by atoms with Gasteiger partial charge in [-0.2, -0.15) is 0 Å². The van der Waals surface area contributed by atoms with Crippen molar-refractivity contribution in [1.29, 1.82) is 0 Å². The first kappa shape index (κ1) is 29.8. The van der Waals surface area contributed by atoms with Crippen molar-refractivity contribution in [3.05, 3.63) is 79.6 Å². The number of hydrogen-bond donors (Lipinski definition) is 2. The molecule has 210 valence electrons. The van der Waals surface area contributed by atoms with E-state index in [9.17, 15) is 18.0 Å². The highest BCUT2D eigenvalue weighted by Crippen LogP contribution is 2.35. The average Bonchev–Trinajstić information content (AvgIpc) is 3.53. The van der Waals surface area contributed by atoms with Crippen LogP contribution in [0.3, 0.4) is 0 Å². The summed E-state index contributed by atoms with van der Waals surface area (Å²) >= 11 is 9.19. The normalized spacial score (nSPS) is 11.2. The van der Waals surface area contributed by atoms with Gasteiger partial charge in [-0.15, -0.1) is 11.3 Å². The van der Waals surface area contributed by atoms with Crippen molar-refractivity contribution in [3.63, 3.8) is 0 Å². The van der Waals surface area contributed by atoms with Crippen LogP contribution in [0.4, 0.5) is 16.4 Å². The zero-order chi connectivity index (χ0) is 29.2. The lowest BCUT2D eigenvalue weighted by Crippen LogP contribution is -2.20. The van der Waals surface area contributed by atoms with Crippen LogP contribution in [0.25, 0.3) is 0 Å². The molecule has 2 N–H and O–H groups in total. The Hall–Kier alpha value is -3.14. The maximum absolute atomic E-state index is 13.3. The van der Waals surface area contributed by atoms with Crippen LogP contribution in [0, 0.1) is 27.7 Å². The van der Waals surface area contributed by atoms with Crippen molar-refractivity contribution in [3.8, 4) is 11.5 Å². The van der Waals surface area contributed by atoms with E-state index >= 15 is 0 Å². The Kier molecular flexibility index (Phi) is 9.07. The molecule has 0 aliphatic rings. The summed E-state index contributed by atoms with van der Waals surface area (Å²) in [7, 11) is -4.24. The number of aromatic nitrogens is 1. The highest BCUT2D eigenvalue weighted by molar-refractivity contribution is 14.1. The summed E-state index contributed by atoms with van der Waals surface area (Å²) in [4.78, 5) is 25.6. The van der Waals surface area contributed by atoms with Crippen LogP contribution in [0.15, 0.2) is 51.2 Å². The molecule has 4 aromatic rings. The summed E-state index contributed by atoms with van der Waals surface area (Å²) in [5.74, 6) is -0.366. The third-order valence-electron chi connectivity index (χ3n) is 5.72. The summed E-state index contributed by atoms with van der Waals surface area (Å²) in [5.41, 5.74) is 3.46. The second kappa shape index (κ2) is 12.2. The standard InChI is InChI=1S/C26H23ClIN3O7S2/c1-13-10-14(2)22(37-26(33)36-18-7-5-6-17(11-18)12-28)15(3)21(13)29-24(32)23-19(8-9-39-23)40(34,35)31-25-20(27)16(4)30-38-25/h5-11,31H,12H2,1-4H3,(H,29,32). The average molecular weight is 716 g/mol. The number of anilines is 2. The molecule has 2 heterocycles. The third-order valence-corrected chi connectivity index (χ3v) is 9.46. The lowest BCUT2D eigenvalue weighted by Gasteiger charge is -2.17. The van der Waals surface area contributed by atoms with Crippen molar-refractivity contribution < 1.29 is 32.0 Å². The number of benzene rings is 2. The van der Waals surface area contributed by atoms with Gasteiger partial charge in [-0.1, -0.05) is 57.5 Å². The van der Waals surface area contributed by atoms with Crippen molar-refractivity contribution in [1.82, 2.24) is 5.16 Å². The molecule has 4 rings (SSSR count). The van der Waals surface area contributed by atoms with Gasteiger partial charge in [0.05, 0.1) is 5.69 Å². The Labute approximate surface area is 253 Å². The number of rotatable bonds is 8. The van der Waals surface area contributed by atoms with E-state index in [0.717, 1.165) is 21.3 Å². The number of aryl methyl sites for hydroxylation is 3.